The van der Waals surface area contributed by atoms with Gasteiger partial charge in [0.1, 0.15) is 0 Å². The molecule has 0 fully saturated rings. The molecule has 0 aromatic heterocycles. The lowest BCUT2D eigenvalue weighted by molar-refractivity contribution is -0.119. The van der Waals surface area contributed by atoms with Crippen molar-refractivity contribution >= 4 is 11.6 Å². The van der Waals surface area contributed by atoms with Gasteiger partial charge in [0.2, 0.25) is 11.6 Å². The molecule has 0 atom stereocenters. The highest BCUT2D eigenvalue weighted by atomic mass is 16.5. The van der Waals surface area contributed by atoms with Gasteiger partial charge in [-0.05, 0) is 12.8 Å². The summed E-state index contributed by atoms with van der Waals surface area (Å²) < 4.78 is 4.78. The average molecular weight is 210 g/mol. The molecule has 0 bridgehead atoms. The summed E-state index contributed by atoms with van der Waals surface area (Å²) in [5.41, 5.74) is 0.168. The van der Waals surface area contributed by atoms with Gasteiger partial charge in [0.05, 0.1) is 7.11 Å². The Labute approximate surface area is 88.2 Å². The van der Waals surface area contributed by atoms with Crippen LogP contribution in [0.2, 0.25) is 0 Å². The second kappa shape index (κ2) is 4.77. The molecule has 0 saturated carbocycles. The Morgan fingerprint density at radius 2 is 2.07 bits per heavy atom. The van der Waals surface area contributed by atoms with Crippen LogP contribution in [0.3, 0.4) is 0 Å². The monoisotopic (exact) mass is 210 g/mol. The SMILES string of the molecule is CCCCC1=C(O)C(=O)C=C(OC)C1=O. The molecule has 1 N–H and O–H groups in total. The molecular formula is C11H14O4. The molecule has 0 unspecified atom stereocenters. The molecule has 15 heavy (non-hydrogen) atoms. The Morgan fingerprint density at radius 3 is 2.60 bits per heavy atom. The normalized spacial score (nSPS) is 16.8. The van der Waals surface area contributed by atoms with E-state index in [-0.39, 0.29) is 17.1 Å². The van der Waals surface area contributed by atoms with E-state index in [1.165, 1.54) is 7.11 Å². The van der Waals surface area contributed by atoms with E-state index in [0.717, 1.165) is 18.9 Å². The maximum Gasteiger partial charge on any atom is 0.227 e. The lowest BCUT2D eigenvalue weighted by Crippen LogP contribution is -2.20. The number of hydrogen-bond donors (Lipinski definition) is 1. The summed E-state index contributed by atoms with van der Waals surface area (Å²) in [6, 6.07) is 0. The van der Waals surface area contributed by atoms with Gasteiger partial charge in [0, 0.05) is 11.6 Å². The summed E-state index contributed by atoms with van der Waals surface area (Å²) in [7, 11) is 1.33. The van der Waals surface area contributed by atoms with E-state index in [2.05, 4.69) is 0 Å². The predicted molar refractivity (Wildman–Crippen MR) is 54.3 cm³/mol. The topological polar surface area (TPSA) is 63.6 Å². The third-order valence-electron chi connectivity index (χ3n) is 2.28. The third kappa shape index (κ3) is 2.26. The molecule has 0 spiro atoms. The number of aliphatic hydroxyl groups excluding tert-OH is 1. The van der Waals surface area contributed by atoms with Crippen molar-refractivity contribution in [1.82, 2.24) is 0 Å². The first kappa shape index (κ1) is 11.5. The number of ketones is 2. The number of hydrogen-bond acceptors (Lipinski definition) is 4. The number of Topliss-reactive ketones (excluding diaryl/α,β-unsaturated/α-hetero) is 1. The van der Waals surface area contributed by atoms with Gasteiger partial charge in [-0.15, -0.1) is 0 Å². The van der Waals surface area contributed by atoms with Crippen molar-refractivity contribution in [2.75, 3.05) is 7.11 Å². The van der Waals surface area contributed by atoms with Crippen LogP contribution in [0, 0.1) is 0 Å². The smallest absolute Gasteiger partial charge is 0.227 e. The highest BCUT2D eigenvalue weighted by molar-refractivity contribution is 6.20. The maximum atomic E-state index is 11.7. The Balaban J connectivity index is 2.95. The van der Waals surface area contributed by atoms with Crippen molar-refractivity contribution in [1.29, 1.82) is 0 Å². The summed E-state index contributed by atoms with van der Waals surface area (Å²) >= 11 is 0. The van der Waals surface area contributed by atoms with Crippen molar-refractivity contribution in [2.24, 2.45) is 0 Å². The molecule has 0 heterocycles. The van der Waals surface area contributed by atoms with Gasteiger partial charge in [-0.2, -0.15) is 0 Å². The number of ether oxygens (including phenoxy) is 1. The molecule has 82 valence electrons. The lowest BCUT2D eigenvalue weighted by Gasteiger charge is -2.14. The fourth-order valence-corrected chi connectivity index (χ4v) is 1.40. The Morgan fingerprint density at radius 1 is 1.40 bits per heavy atom. The molecule has 0 aromatic rings. The molecule has 0 aliphatic heterocycles. The number of aliphatic hydroxyl groups is 1. The van der Waals surface area contributed by atoms with Gasteiger partial charge in [0.25, 0.3) is 0 Å². The zero-order valence-corrected chi connectivity index (χ0v) is 8.87. The summed E-state index contributed by atoms with van der Waals surface area (Å²) in [5.74, 6) is -1.38. The average Bonchev–Trinajstić information content (AvgIpc) is 2.23. The largest absolute Gasteiger partial charge is 0.504 e. The van der Waals surface area contributed by atoms with Crippen LogP contribution in [-0.4, -0.2) is 23.8 Å². The predicted octanol–water partition coefficient (Wildman–Crippen LogP) is 1.67. The lowest BCUT2D eigenvalue weighted by atomic mass is 9.95. The zero-order chi connectivity index (χ0) is 11.4. The summed E-state index contributed by atoms with van der Waals surface area (Å²) in [5, 5.41) is 9.46. The summed E-state index contributed by atoms with van der Waals surface area (Å²) in [4.78, 5) is 22.9. The number of allylic oxidation sites excluding steroid dienone is 2. The molecular weight excluding hydrogens is 196 g/mol. The fraction of sp³-hybridized carbons (Fsp3) is 0.455. The first-order chi connectivity index (χ1) is 7.11. The molecule has 1 aliphatic rings. The van der Waals surface area contributed by atoms with E-state index in [0.29, 0.717) is 6.42 Å². The second-order valence-electron chi connectivity index (χ2n) is 3.34. The molecule has 0 radical (unpaired) electrons. The van der Waals surface area contributed by atoms with Crippen LogP contribution in [0.5, 0.6) is 0 Å². The molecule has 0 aromatic carbocycles. The Kier molecular flexibility index (Phi) is 3.66. The van der Waals surface area contributed by atoms with Crippen LogP contribution in [-0.2, 0) is 14.3 Å². The van der Waals surface area contributed by atoms with Crippen LogP contribution in [0.25, 0.3) is 0 Å². The van der Waals surface area contributed by atoms with Crippen LogP contribution in [0.15, 0.2) is 23.2 Å². The van der Waals surface area contributed by atoms with Crippen LogP contribution >= 0.6 is 0 Å². The van der Waals surface area contributed by atoms with Crippen molar-refractivity contribution in [3.05, 3.63) is 23.2 Å². The summed E-state index contributed by atoms with van der Waals surface area (Å²) in [6.07, 6.45) is 3.08. The van der Waals surface area contributed by atoms with Gasteiger partial charge in [-0.1, -0.05) is 13.3 Å². The first-order valence-corrected chi connectivity index (χ1v) is 4.88. The van der Waals surface area contributed by atoms with E-state index in [1.807, 2.05) is 6.92 Å². The van der Waals surface area contributed by atoms with E-state index in [4.69, 9.17) is 4.74 Å². The van der Waals surface area contributed by atoms with Crippen molar-refractivity contribution in [3.8, 4) is 0 Å². The number of carbonyl (C=O) groups excluding carboxylic acids is 2. The van der Waals surface area contributed by atoms with Gasteiger partial charge in [-0.3, -0.25) is 9.59 Å². The van der Waals surface area contributed by atoms with Crippen LogP contribution in [0.4, 0.5) is 0 Å². The minimum atomic E-state index is -0.558. The third-order valence-corrected chi connectivity index (χ3v) is 2.28. The van der Waals surface area contributed by atoms with Crippen molar-refractivity contribution in [3.63, 3.8) is 0 Å². The van der Waals surface area contributed by atoms with Gasteiger partial charge in [-0.25, -0.2) is 0 Å². The van der Waals surface area contributed by atoms with E-state index in [1.54, 1.807) is 0 Å². The maximum absolute atomic E-state index is 11.7. The second-order valence-corrected chi connectivity index (χ2v) is 3.34. The highest BCUT2D eigenvalue weighted by Gasteiger charge is 2.28. The molecule has 1 aliphatic carbocycles. The minimum absolute atomic E-state index is 0.00361. The molecule has 4 heteroatoms. The number of carbonyl (C=O) groups is 2. The molecule has 0 saturated heterocycles. The summed E-state index contributed by atoms with van der Waals surface area (Å²) in [6.45, 7) is 1.97. The van der Waals surface area contributed by atoms with E-state index in [9.17, 15) is 14.7 Å². The van der Waals surface area contributed by atoms with Gasteiger partial charge < -0.3 is 9.84 Å². The Bertz CT molecular complexity index is 350. The Hall–Kier alpha value is -1.58. The van der Waals surface area contributed by atoms with E-state index >= 15 is 0 Å². The van der Waals surface area contributed by atoms with Crippen molar-refractivity contribution in [2.45, 2.75) is 26.2 Å². The number of methoxy groups -OCH3 is 1. The molecule has 1 rings (SSSR count). The minimum Gasteiger partial charge on any atom is -0.504 e. The van der Waals surface area contributed by atoms with Crippen molar-refractivity contribution < 1.29 is 19.4 Å². The van der Waals surface area contributed by atoms with Crippen LogP contribution in [0.1, 0.15) is 26.2 Å². The van der Waals surface area contributed by atoms with E-state index < -0.39 is 11.5 Å². The highest BCUT2D eigenvalue weighted by Crippen LogP contribution is 2.22. The first-order valence-electron chi connectivity index (χ1n) is 4.88. The standard InChI is InChI=1S/C11H14O4/c1-3-4-5-7-10(13)8(12)6-9(15-2)11(7)14/h6,13H,3-5H2,1-2H3. The number of rotatable bonds is 4. The molecule has 4 nitrogen and oxygen atoms in total. The van der Waals surface area contributed by atoms with Gasteiger partial charge in [0.15, 0.2) is 11.5 Å². The van der Waals surface area contributed by atoms with Crippen LogP contribution < -0.4 is 0 Å². The number of unbranched alkanes of at least 4 members (excludes halogenated alkanes) is 1. The fourth-order valence-electron chi connectivity index (χ4n) is 1.40. The molecule has 0 amide bonds. The van der Waals surface area contributed by atoms with Gasteiger partial charge >= 0.3 is 0 Å². The quantitative estimate of drug-likeness (QED) is 0.717. The zero-order valence-electron chi connectivity index (χ0n) is 8.87.